The van der Waals surface area contributed by atoms with Crippen LogP contribution in [0.15, 0.2) is 24.3 Å². The van der Waals surface area contributed by atoms with Gasteiger partial charge in [0.2, 0.25) is 0 Å². The number of carbonyl (C=O) groups is 3. The highest BCUT2D eigenvalue weighted by Gasteiger charge is 2.19. The van der Waals surface area contributed by atoms with E-state index >= 15 is 0 Å². The Hall–Kier alpha value is -2.11. The minimum Gasteiger partial charge on any atom is -0.462 e. The zero-order valence-corrected chi connectivity index (χ0v) is 48.7. The quantitative estimate of drug-likeness (QED) is 0.0261. The van der Waals surface area contributed by atoms with Crippen LogP contribution in [0.4, 0.5) is 0 Å². The smallest absolute Gasteiger partial charge is 0.306 e. The van der Waals surface area contributed by atoms with E-state index < -0.39 is 6.10 Å². The van der Waals surface area contributed by atoms with Crippen LogP contribution < -0.4 is 0 Å². The van der Waals surface area contributed by atoms with Crippen LogP contribution in [0.5, 0.6) is 0 Å². The van der Waals surface area contributed by atoms with Crippen LogP contribution in [-0.4, -0.2) is 37.2 Å². The van der Waals surface area contributed by atoms with Crippen molar-refractivity contribution in [1.82, 2.24) is 0 Å². The highest BCUT2D eigenvalue weighted by Crippen LogP contribution is 2.18. The first kappa shape index (κ1) is 69.9. The van der Waals surface area contributed by atoms with Crippen LogP contribution in [0.25, 0.3) is 0 Å². The lowest BCUT2D eigenvalue weighted by atomic mass is 10.0. The second-order valence-electron chi connectivity index (χ2n) is 22.0. The van der Waals surface area contributed by atoms with Gasteiger partial charge >= 0.3 is 17.9 Å². The third-order valence-electron chi connectivity index (χ3n) is 14.7. The molecule has 0 aromatic heterocycles. The maximum atomic E-state index is 12.9. The number of carbonyl (C=O) groups excluding carboxylic acids is 3. The molecular weight excluding hydrogens is 889 g/mol. The number of esters is 3. The lowest BCUT2D eigenvalue weighted by Crippen LogP contribution is -2.30. The van der Waals surface area contributed by atoms with E-state index in [9.17, 15) is 14.4 Å². The van der Waals surface area contributed by atoms with Gasteiger partial charge in [-0.25, -0.2) is 0 Å². The van der Waals surface area contributed by atoms with Gasteiger partial charge in [0.05, 0.1) is 0 Å². The molecule has 0 aromatic carbocycles. The van der Waals surface area contributed by atoms with Gasteiger partial charge in [-0.3, -0.25) is 14.4 Å². The number of rotatable bonds is 60. The summed E-state index contributed by atoms with van der Waals surface area (Å²) in [6, 6.07) is 0. The standard InChI is InChI=1S/C66H124O6/c1-4-7-10-13-16-19-22-25-27-29-30-31-32-33-34-35-36-37-38-40-41-44-47-50-53-56-59-65(68)71-62-63(61-70-64(67)58-55-52-49-46-43-24-21-18-15-12-9-6-3)72-66(69)60-57-54-51-48-45-42-39-28-26-23-20-17-14-11-8-5-2/h18,21,28,39,63H,4-17,19-20,22-27,29-38,40-62H2,1-3H3/b21-18-,39-28-. The summed E-state index contributed by atoms with van der Waals surface area (Å²) in [5, 5.41) is 0. The summed E-state index contributed by atoms with van der Waals surface area (Å²) in [5.41, 5.74) is 0. The average molecular weight is 1010 g/mol. The summed E-state index contributed by atoms with van der Waals surface area (Å²) in [4.78, 5) is 38.2. The van der Waals surface area contributed by atoms with Crippen molar-refractivity contribution in [3.63, 3.8) is 0 Å². The summed E-state index contributed by atoms with van der Waals surface area (Å²) in [6.45, 7) is 6.66. The molecule has 0 saturated carbocycles. The molecule has 0 aliphatic carbocycles. The first-order valence-corrected chi connectivity index (χ1v) is 32.3. The summed E-state index contributed by atoms with van der Waals surface area (Å²) >= 11 is 0. The summed E-state index contributed by atoms with van der Waals surface area (Å²) in [7, 11) is 0. The Labute approximate surface area is 449 Å². The fraction of sp³-hybridized carbons (Fsp3) is 0.894. The van der Waals surface area contributed by atoms with E-state index in [0.29, 0.717) is 19.3 Å². The van der Waals surface area contributed by atoms with Gasteiger partial charge in [-0.1, -0.05) is 295 Å². The molecule has 0 spiro atoms. The monoisotopic (exact) mass is 1010 g/mol. The molecule has 424 valence electrons. The summed E-state index contributed by atoms with van der Waals surface area (Å²) < 4.78 is 16.9. The van der Waals surface area contributed by atoms with Crippen molar-refractivity contribution in [2.75, 3.05) is 13.2 Å². The van der Waals surface area contributed by atoms with Crippen molar-refractivity contribution < 1.29 is 28.6 Å². The van der Waals surface area contributed by atoms with E-state index in [1.54, 1.807) is 0 Å². The SMILES string of the molecule is CCCCC/C=C\CCCCCCCC(=O)OCC(COC(=O)CCCCCCCCCCCCCCCCCCCCCCCCCCCC)OC(=O)CCCCCCC/C=C\CCCCCCCCC. The lowest BCUT2D eigenvalue weighted by molar-refractivity contribution is -0.167. The first-order chi connectivity index (χ1) is 35.5. The maximum absolute atomic E-state index is 12.9. The molecule has 0 radical (unpaired) electrons. The molecule has 0 amide bonds. The molecule has 0 N–H and O–H groups in total. The molecule has 0 aliphatic rings. The first-order valence-electron chi connectivity index (χ1n) is 32.3. The van der Waals surface area contributed by atoms with Crippen LogP contribution >= 0.6 is 0 Å². The van der Waals surface area contributed by atoms with Crippen LogP contribution in [0.2, 0.25) is 0 Å². The zero-order valence-electron chi connectivity index (χ0n) is 48.7. The van der Waals surface area contributed by atoms with Gasteiger partial charge in [0.25, 0.3) is 0 Å². The van der Waals surface area contributed by atoms with Gasteiger partial charge in [0.15, 0.2) is 6.10 Å². The van der Waals surface area contributed by atoms with Crippen molar-refractivity contribution in [3.8, 4) is 0 Å². The topological polar surface area (TPSA) is 78.9 Å². The number of hydrogen-bond acceptors (Lipinski definition) is 6. The van der Waals surface area contributed by atoms with Crippen molar-refractivity contribution >= 4 is 17.9 Å². The number of hydrogen-bond donors (Lipinski definition) is 0. The van der Waals surface area contributed by atoms with Crippen molar-refractivity contribution in [3.05, 3.63) is 24.3 Å². The average Bonchev–Trinajstić information content (AvgIpc) is 3.38. The molecule has 0 rings (SSSR count). The number of allylic oxidation sites excluding steroid dienone is 4. The van der Waals surface area contributed by atoms with Crippen LogP contribution in [-0.2, 0) is 28.6 Å². The third-order valence-corrected chi connectivity index (χ3v) is 14.7. The highest BCUT2D eigenvalue weighted by molar-refractivity contribution is 5.71. The van der Waals surface area contributed by atoms with Crippen LogP contribution in [0.3, 0.4) is 0 Å². The normalized spacial score (nSPS) is 12.1. The fourth-order valence-corrected chi connectivity index (χ4v) is 9.79. The Bertz CT molecular complexity index is 1160. The van der Waals surface area contributed by atoms with Gasteiger partial charge in [0.1, 0.15) is 13.2 Å². The summed E-state index contributed by atoms with van der Waals surface area (Å²) in [6.07, 6.45) is 73.4. The van der Waals surface area contributed by atoms with Gasteiger partial charge in [-0.05, 0) is 70.6 Å². The van der Waals surface area contributed by atoms with Crippen LogP contribution in [0, 0.1) is 0 Å². The summed E-state index contributed by atoms with van der Waals surface area (Å²) in [5.74, 6) is -0.867. The number of ether oxygens (including phenoxy) is 3. The predicted molar refractivity (Wildman–Crippen MR) is 312 cm³/mol. The molecule has 0 bridgehead atoms. The molecule has 6 nitrogen and oxygen atoms in total. The molecule has 0 heterocycles. The molecule has 1 atom stereocenters. The minimum absolute atomic E-state index is 0.0726. The predicted octanol–water partition coefficient (Wildman–Crippen LogP) is 21.8. The van der Waals surface area contributed by atoms with E-state index in [4.69, 9.17) is 14.2 Å². The highest BCUT2D eigenvalue weighted by atomic mass is 16.6. The molecular formula is C66H124O6. The number of unbranched alkanes of at least 4 members (excludes halogenated alkanes) is 45. The second-order valence-corrected chi connectivity index (χ2v) is 22.0. The van der Waals surface area contributed by atoms with Gasteiger partial charge in [-0.2, -0.15) is 0 Å². The van der Waals surface area contributed by atoms with E-state index in [-0.39, 0.29) is 31.1 Å². The van der Waals surface area contributed by atoms with Crippen molar-refractivity contribution in [2.24, 2.45) is 0 Å². The van der Waals surface area contributed by atoms with E-state index in [2.05, 4.69) is 45.1 Å². The Morgan fingerprint density at radius 1 is 0.264 bits per heavy atom. The van der Waals surface area contributed by atoms with E-state index in [1.807, 2.05) is 0 Å². The molecule has 6 heteroatoms. The molecule has 1 unspecified atom stereocenters. The molecule has 0 saturated heterocycles. The molecule has 0 aliphatic heterocycles. The van der Waals surface area contributed by atoms with Crippen LogP contribution in [0.1, 0.15) is 361 Å². The molecule has 72 heavy (non-hydrogen) atoms. The third kappa shape index (κ3) is 58.8. The molecule has 0 fully saturated rings. The Morgan fingerprint density at radius 2 is 0.458 bits per heavy atom. The molecule has 0 aromatic rings. The van der Waals surface area contributed by atoms with E-state index in [1.165, 1.54) is 250 Å². The largest absolute Gasteiger partial charge is 0.462 e. The van der Waals surface area contributed by atoms with Gasteiger partial charge in [-0.15, -0.1) is 0 Å². The Morgan fingerprint density at radius 3 is 0.722 bits per heavy atom. The van der Waals surface area contributed by atoms with E-state index in [0.717, 1.165) is 70.6 Å². The lowest BCUT2D eigenvalue weighted by Gasteiger charge is -2.18. The van der Waals surface area contributed by atoms with Crippen molar-refractivity contribution in [2.45, 2.75) is 367 Å². The minimum atomic E-state index is -0.776. The Balaban J connectivity index is 4.19. The Kier molecular flexibility index (Phi) is 59.6. The second kappa shape index (κ2) is 61.4. The fourth-order valence-electron chi connectivity index (χ4n) is 9.79. The maximum Gasteiger partial charge on any atom is 0.306 e. The van der Waals surface area contributed by atoms with Gasteiger partial charge in [0, 0.05) is 19.3 Å². The van der Waals surface area contributed by atoms with Crippen molar-refractivity contribution in [1.29, 1.82) is 0 Å². The van der Waals surface area contributed by atoms with Gasteiger partial charge < -0.3 is 14.2 Å². The zero-order chi connectivity index (χ0) is 52.2.